The van der Waals surface area contributed by atoms with Crippen LogP contribution in [0.2, 0.25) is 0 Å². The first kappa shape index (κ1) is 39.1. The molecule has 240 valence electrons. The molecule has 0 aromatic rings. The van der Waals surface area contributed by atoms with E-state index in [1.54, 1.807) is 0 Å². The van der Waals surface area contributed by atoms with Crippen molar-refractivity contribution in [2.75, 3.05) is 6.54 Å². The summed E-state index contributed by atoms with van der Waals surface area (Å²) in [4.78, 5) is 36.0. The number of hydrogen-bond donors (Lipinski definition) is 3. The van der Waals surface area contributed by atoms with E-state index < -0.39 is 12.0 Å². The first-order valence-electron chi connectivity index (χ1n) is 17.0. The standard InChI is InChI=1S/C34H64N2O5/c1-3-5-7-9-11-12-14-16-22-28-33(38)41-30(24-19-15-13-10-8-6-4-2)25-20-17-18-21-27-32(37)36-31(34(39)40)26-23-29-35/h19,24,30-31H,3-18,20-23,25-29,35H2,1-2H3,(H,36,37)(H,39,40)/b24-19-. The van der Waals surface area contributed by atoms with Crippen molar-refractivity contribution >= 4 is 17.8 Å². The lowest BCUT2D eigenvalue weighted by Crippen LogP contribution is -2.40. The Labute approximate surface area is 251 Å². The average molecular weight is 581 g/mol. The summed E-state index contributed by atoms with van der Waals surface area (Å²) in [6.45, 7) is 4.87. The number of carboxylic acid groups (broad SMARTS) is 1. The van der Waals surface area contributed by atoms with Gasteiger partial charge in [0, 0.05) is 12.8 Å². The number of nitrogens with two attached hydrogens (primary N) is 1. The van der Waals surface area contributed by atoms with E-state index in [-0.39, 0.29) is 18.0 Å². The van der Waals surface area contributed by atoms with Crippen LogP contribution in [0.5, 0.6) is 0 Å². The fourth-order valence-corrected chi connectivity index (χ4v) is 4.95. The van der Waals surface area contributed by atoms with Gasteiger partial charge in [0.15, 0.2) is 0 Å². The van der Waals surface area contributed by atoms with Crippen LogP contribution in [-0.2, 0) is 19.1 Å². The van der Waals surface area contributed by atoms with Crippen molar-refractivity contribution in [1.29, 1.82) is 0 Å². The van der Waals surface area contributed by atoms with Gasteiger partial charge in [0.1, 0.15) is 12.1 Å². The van der Waals surface area contributed by atoms with Gasteiger partial charge in [0.2, 0.25) is 5.91 Å². The van der Waals surface area contributed by atoms with E-state index in [2.05, 4.69) is 31.3 Å². The van der Waals surface area contributed by atoms with Crippen LogP contribution in [0.3, 0.4) is 0 Å². The predicted molar refractivity (Wildman–Crippen MR) is 170 cm³/mol. The van der Waals surface area contributed by atoms with Crippen molar-refractivity contribution in [3.05, 3.63) is 12.2 Å². The lowest BCUT2D eigenvalue weighted by Gasteiger charge is -2.15. The van der Waals surface area contributed by atoms with E-state index in [0.717, 1.165) is 44.9 Å². The smallest absolute Gasteiger partial charge is 0.326 e. The minimum Gasteiger partial charge on any atom is -0.480 e. The van der Waals surface area contributed by atoms with E-state index in [1.165, 1.54) is 77.0 Å². The number of carbonyl (C=O) groups is 3. The number of allylic oxidation sites excluding steroid dienone is 1. The highest BCUT2D eigenvalue weighted by atomic mass is 16.5. The van der Waals surface area contributed by atoms with Crippen molar-refractivity contribution in [3.63, 3.8) is 0 Å². The third-order valence-electron chi connectivity index (χ3n) is 7.57. The maximum Gasteiger partial charge on any atom is 0.326 e. The third kappa shape index (κ3) is 26.7. The van der Waals surface area contributed by atoms with Crippen molar-refractivity contribution in [2.45, 2.75) is 180 Å². The molecule has 0 aromatic heterocycles. The van der Waals surface area contributed by atoms with E-state index in [9.17, 15) is 19.5 Å². The first-order chi connectivity index (χ1) is 19.9. The summed E-state index contributed by atoms with van der Waals surface area (Å²) in [6, 6.07) is -0.865. The van der Waals surface area contributed by atoms with Crippen molar-refractivity contribution < 1.29 is 24.2 Å². The molecule has 2 unspecified atom stereocenters. The van der Waals surface area contributed by atoms with Gasteiger partial charge in [-0.1, -0.05) is 110 Å². The van der Waals surface area contributed by atoms with Crippen LogP contribution in [0, 0.1) is 0 Å². The van der Waals surface area contributed by atoms with Gasteiger partial charge >= 0.3 is 11.9 Å². The topological polar surface area (TPSA) is 119 Å². The van der Waals surface area contributed by atoms with Crippen LogP contribution >= 0.6 is 0 Å². The number of ether oxygens (including phenoxy) is 1. The van der Waals surface area contributed by atoms with Crippen molar-refractivity contribution in [2.24, 2.45) is 5.73 Å². The maximum atomic E-state index is 12.5. The molecule has 0 rings (SSSR count). The van der Waals surface area contributed by atoms with Crippen LogP contribution in [0.25, 0.3) is 0 Å². The minimum absolute atomic E-state index is 0.0927. The molecule has 0 aromatic carbocycles. The van der Waals surface area contributed by atoms with Crippen LogP contribution in [0.1, 0.15) is 168 Å². The summed E-state index contributed by atoms with van der Waals surface area (Å²) in [5, 5.41) is 11.9. The molecule has 0 aliphatic carbocycles. The second-order valence-corrected chi connectivity index (χ2v) is 11.6. The summed E-state index contributed by atoms with van der Waals surface area (Å²) >= 11 is 0. The fraction of sp³-hybridized carbons (Fsp3) is 0.853. The molecule has 1 amide bonds. The molecule has 0 heterocycles. The van der Waals surface area contributed by atoms with E-state index in [0.29, 0.717) is 38.6 Å². The normalized spacial score (nSPS) is 12.9. The summed E-state index contributed by atoms with van der Waals surface area (Å²) < 4.78 is 5.86. The molecule has 0 saturated carbocycles. The second-order valence-electron chi connectivity index (χ2n) is 11.6. The average Bonchev–Trinajstić information content (AvgIpc) is 2.95. The Morgan fingerprint density at radius 3 is 1.83 bits per heavy atom. The molecule has 41 heavy (non-hydrogen) atoms. The highest BCUT2D eigenvalue weighted by Gasteiger charge is 2.18. The van der Waals surface area contributed by atoms with Gasteiger partial charge in [-0.05, 0) is 64.0 Å². The molecule has 0 radical (unpaired) electrons. The summed E-state index contributed by atoms with van der Waals surface area (Å²) in [5.41, 5.74) is 5.45. The number of aliphatic carboxylic acids is 1. The van der Waals surface area contributed by atoms with Gasteiger partial charge < -0.3 is 20.9 Å². The highest BCUT2D eigenvalue weighted by Crippen LogP contribution is 2.15. The molecule has 0 aliphatic rings. The number of hydrogen-bond acceptors (Lipinski definition) is 5. The largest absolute Gasteiger partial charge is 0.480 e. The van der Waals surface area contributed by atoms with Gasteiger partial charge in [-0.25, -0.2) is 4.79 Å². The van der Waals surface area contributed by atoms with Gasteiger partial charge in [0.05, 0.1) is 0 Å². The van der Waals surface area contributed by atoms with Gasteiger partial charge in [-0.15, -0.1) is 0 Å². The zero-order valence-electron chi connectivity index (χ0n) is 26.6. The Morgan fingerprint density at radius 1 is 0.707 bits per heavy atom. The van der Waals surface area contributed by atoms with E-state index in [4.69, 9.17) is 10.5 Å². The molecule has 0 spiro atoms. The van der Waals surface area contributed by atoms with Crippen LogP contribution in [-0.4, -0.2) is 41.6 Å². The molecule has 2 atom stereocenters. The van der Waals surface area contributed by atoms with Crippen molar-refractivity contribution in [1.82, 2.24) is 5.32 Å². The van der Waals surface area contributed by atoms with Gasteiger partial charge in [0.25, 0.3) is 0 Å². The number of nitrogens with one attached hydrogen (secondary N) is 1. The summed E-state index contributed by atoms with van der Waals surface area (Å²) in [7, 11) is 0. The second kappa shape index (κ2) is 29.6. The number of carbonyl (C=O) groups excluding carboxylic acids is 2. The Bertz CT molecular complexity index is 668. The molecular weight excluding hydrogens is 516 g/mol. The molecule has 0 fully saturated rings. The zero-order chi connectivity index (χ0) is 30.4. The number of unbranched alkanes of at least 4 members (excludes halogenated alkanes) is 16. The predicted octanol–water partition coefficient (Wildman–Crippen LogP) is 8.38. The maximum absolute atomic E-state index is 12.5. The van der Waals surface area contributed by atoms with Crippen molar-refractivity contribution in [3.8, 4) is 0 Å². The third-order valence-corrected chi connectivity index (χ3v) is 7.57. The number of amides is 1. The fourth-order valence-electron chi connectivity index (χ4n) is 4.95. The molecule has 0 saturated heterocycles. The summed E-state index contributed by atoms with van der Waals surface area (Å²) in [5.74, 6) is -1.33. The van der Waals surface area contributed by atoms with Gasteiger partial charge in [-0.3, -0.25) is 9.59 Å². The summed E-state index contributed by atoms with van der Waals surface area (Å²) in [6.07, 6.45) is 28.4. The van der Waals surface area contributed by atoms with Crippen LogP contribution in [0.15, 0.2) is 12.2 Å². The Morgan fingerprint density at radius 2 is 1.24 bits per heavy atom. The molecule has 4 N–H and O–H groups in total. The zero-order valence-corrected chi connectivity index (χ0v) is 26.6. The Hall–Kier alpha value is -1.89. The minimum atomic E-state index is -1.01. The molecule has 7 nitrogen and oxygen atoms in total. The highest BCUT2D eigenvalue weighted by molar-refractivity contribution is 5.83. The van der Waals surface area contributed by atoms with E-state index in [1.807, 2.05) is 0 Å². The monoisotopic (exact) mass is 580 g/mol. The molecular formula is C34H64N2O5. The quantitative estimate of drug-likeness (QED) is 0.0446. The number of rotatable bonds is 30. The first-order valence-corrected chi connectivity index (χ1v) is 17.0. The Kier molecular flexibility index (Phi) is 28.2. The molecule has 7 heteroatoms. The van der Waals surface area contributed by atoms with Crippen LogP contribution < -0.4 is 11.1 Å². The molecule has 0 bridgehead atoms. The van der Waals surface area contributed by atoms with E-state index >= 15 is 0 Å². The number of esters is 1. The van der Waals surface area contributed by atoms with Crippen LogP contribution in [0.4, 0.5) is 0 Å². The van der Waals surface area contributed by atoms with Gasteiger partial charge in [-0.2, -0.15) is 0 Å². The lowest BCUT2D eigenvalue weighted by molar-refractivity contribution is -0.147. The SMILES string of the molecule is CCCCCCC/C=C\C(CCCCCCC(=O)NC(CCCN)C(=O)O)OC(=O)CCCCCCCCCCC. The molecule has 0 aliphatic heterocycles. The Balaban J connectivity index is 4.34. The number of carboxylic acids is 1. The lowest BCUT2D eigenvalue weighted by atomic mass is 10.1.